The first-order valence-electron chi connectivity index (χ1n) is 6.72. The molecule has 1 aromatic carbocycles. The number of carbonyl (C=O) groups excluding carboxylic acids is 1. The molecule has 0 saturated carbocycles. The fraction of sp³-hybridized carbons (Fsp3) is 0.400. The van der Waals surface area contributed by atoms with Gasteiger partial charge >= 0.3 is 6.09 Å². The summed E-state index contributed by atoms with van der Waals surface area (Å²) in [4.78, 5) is 14.6. The lowest BCUT2D eigenvalue weighted by Gasteiger charge is -2.19. The minimum absolute atomic E-state index is 0.389. The Labute approximate surface area is 118 Å². The van der Waals surface area contributed by atoms with Gasteiger partial charge < -0.3 is 20.4 Å². The van der Waals surface area contributed by atoms with Crippen LogP contribution in [0.1, 0.15) is 20.8 Å². The lowest BCUT2D eigenvalue weighted by molar-refractivity contribution is 0.0530. The second-order valence-electron chi connectivity index (χ2n) is 5.64. The highest BCUT2D eigenvalue weighted by Gasteiger charge is 2.15. The molecule has 0 radical (unpaired) electrons. The van der Waals surface area contributed by atoms with E-state index in [1.54, 1.807) is 0 Å². The van der Waals surface area contributed by atoms with Crippen molar-refractivity contribution in [3.05, 3.63) is 30.5 Å². The van der Waals surface area contributed by atoms with Crippen molar-refractivity contribution in [3.8, 4) is 0 Å². The molecule has 0 saturated heterocycles. The van der Waals surface area contributed by atoms with Gasteiger partial charge in [0.25, 0.3) is 0 Å². The fourth-order valence-electron chi connectivity index (χ4n) is 1.85. The predicted octanol–water partition coefficient (Wildman–Crippen LogP) is 3.10. The molecule has 0 atom stereocenters. The molecule has 3 N–H and O–H groups in total. The number of H-pyrrole nitrogens is 1. The third kappa shape index (κ3) is 4.19. The summed E-state index contributed by atoms with van der Waals surface area (Å²) in [6.07, 6.45) is 1.53. The number of alkyl carbamates (subject to hydrolysis) is 1. The van der Waals surface area contributed by atoms with Crippen LogP contribution in [-0.4, -0.2) is 29.8 Å². The van der Waals surface area contributed by atoms with Crippen molar-refractivity contribution in [1.82, 2.24) is 10.3 Å². The van der Waals surface area contributed by atoms with E-state index in [0.29, 0.717) is 13.1 Å². The zero-order valence-corrected chi connectivity index (χ0v) is 12.1. The van der Waals surface area contributed by atoms with Crippen molar-refractivity contribution in [3.63, 3.8) is 0 Å². The van der Waals surface area contributed by atoms with Crippen LogP contribution in [0.4, 0.5) is 10.5 Å². The number of nitrogens with one attached hydrogen (secondary N) is 3. The summed E-state index contributed by atoms with van der Waals surface area (Å²) in [5.74, 6) is 0. The summed E-state index contributed by atoms with van der Waals surface area (Å²) < 4.78 is 5.16. The molecule has 20 heavy (non-hydrogen) atoms. The van der Waals surface area contributed by atoms with E-state index in [2.05, 4.69) is 21.7 Å². The Balaban J connectivity index is 1.74. The maximum Gasteiger partial charge on any atom is 0.407 e. The number of aromatic nitrogens is 1. The van der Waals surface area contributed by atoms with Crippen LogP contribution in [0.15, 0.2) is 30.5 Å². The van der Waals surface area contributed by atoms with Gasteiger partial charge in [-0.1, -0.05) is 0 Å². The van der Waals surface area contributed by atoms with E-state index in [9.17, 15) is 4.79 Å². The third-order valence-corrected chi connectivity index (χ3v) is 2.68. The summed E-state index contributed by atoms with van der Waals surface area (Å²) in [7, 11) is 0. The Morgan fingerprint density at radius 1 is 1.25 bits per heavy atom. The lowest BCUT2D eigenvalue weighted by Crippen LogP contribution is -2.34. The topological polar surface area (TPSA) is 66.2 Å². The Morgan fingerprint density at radius 2 is 2.05 bits per heavy atom. The van der Waals surface area contributed by atoms with Gasteiger partial charge in [0.2, 0.25) is 0 Å². The molecular weight excluding hydrogens is 254 g/mol. The number of fused-ring (bicyclic) bond motifs is 1. The summed E-state index contributed by atoms with van der Waals surface area (Å²) in [6, 6.07) is 8.13. The molecule has 0 unspecified atom stereocenters. The summed E-state index contributed by atoms with van der Waals surface area (Å²) in [5.41, 5.74) is 1.68. The van der Waals surface area contributed by atoms with Gasteiger partial charge in [-0.05, 0) is 45.0 Å². The highest BCUT2D eigenvalue weighted by atomic mass is 16.6. The number of rotatable bonds is 4. The predicted molar refractivity (Wildman–Crippen MR) is 81.0 cm³/mol. The van der Waals surface area contributed by atoms with Gasteiger partial charge in [-0.2, -0.15) is 0 Å². The molecule has 1 heterocycles. The molecular formula is C15H21N3O2. The van der Waals surface area contributed by atoms with Crippen molar-refractivity contribution < 1.29 is 9.53 Å². The molecule has 0 spiro atoms. The molecule has 0 aliphatic rings. The van der Waals surface area contributed by atoms with Crippen LogP contribution in [0.25, 0.3) is 10.9 Å². The SMILES string of the molecule is CC(C)(C)OC(=O)NCCNc1ccc2[nH]ccc2c1. The second kappa shape index (κ2) is 5.86. The minimum Gasteiger partial charge on any atom is -0.444 e. The van der Waals surface area contributed by atoms with Crippen molar-refractivity contribution in [1.29, 1.82) is 0 Å². The van der Waals surface area contributed by atoms with Crippen LogP contribution in [0.2, 0.25) is 0 Å². The lowest BCUT2D eigenvalue weighted by atomic mass is 10.2. The number of aromatic amines is 1. The average Bonchev–Trinajstić information content (AvgIpc) is 2.79. The number of anilines is 1. The Kier molecular flexibility index (Phi) is 4.17. The Bertz CT molecular complexity index is 584. The van der Waals surface area contributed by atoms with Gasteiger partial charge in [-0.3, -0.25) is 0 Å². The molecule has 2 aromatic rings. The van der Waals surface area contributed by atoms with Crippen LogP contribution in [0.5, 0.6) is 0 Å². The number of hydrogen-bond acceptors (Lipinski definition) is 3. The van der Waals surface area contributed by atoms with Crippen molar-refractivity contribution >= 4 is 22.7 Å². The van der Waals surface area contributed by atoms with Crippen LogP contribution in [0, 0.1) is 0 Å². The number of amides is 1. The van der Waals surface area contributed by atoms with Gasteiger partial charge in [0.05, 0.1) is 0 Å². The van der Waals surface area contributed by atoms with E-state index < -0.39 is 5.60 Å². The zero-order chi connectivity index (χ0) is 14.6. The smallest absolute Gasteiger partial charge is 0.407 e. The molecule has 1 amide bonds. The molecule has 108 valence electrons. The van der Waals surface area contributed by atoms with Gasteiger partial charge in [-0.25, -0.2) is 4.79 Å². The first-order chi connectivity index (χ1) is 9.44. The van der Waals surface area contributed by atoms with Crippen molar-refractivity contribution in [2.45, 2.75) is 26.4 Å². The largest absolute Gasteiger partial charge is 0.444 e. The van der Waals surface area contributed by atoms with E-state index in [1.165, 1.54) is 0 Å². The van der Waals surface area contributed by atoms with E-state index >= 15 is 0 Å². The zero-order valence-electron chi connectivity index (χ0n) is 12.1. The van der Waals surface area contributed by atoms with Crippen LogP contribution in [-0.2, 0) is 4.74 Å². The van der Waals surface area contributed by atoms with Crippen molar-refractivity contribution in [2.75, 3.05) is 18.4 Å². The molecule has 5 nitrogen and oxygen atoms in total. The molecule has 0 aliphatic carbocycles. The summed E-state index contributed by atoms with van der Waals surface area (Å²) in [6.45, 7) is 6.69. The summed E-state index contributed by atoms with van der Waals surface area (Å²) in [5, 5.41) is 7.13. The monoisotopic (exact) mass is 275 g/mol. The van der Waals surface area contributed by atoms with Gasteiger partial charge in [-0.15, -0.1) is 0 Å². The molecule has 0 bridgehead atoms. The quantitative estimate of drug-likeness (QED) is 0.751. The van der Waals surface area contributed by atoms with Gasteiger partial charge in [0.15, 0.2) is 0 Å². The van der Waals surface area contributed by atoms with E-state index in [4.69, 9.17) is 4.74 Å². The van der Waals surface area contributed by atoms with Crippen molar-refractivity contribution in [2.24, 2.45) is 0 Å². The number of benzene rings is 1. The van der Waals surface area contributed by atoms with E-state index in [0.717, 1.165) is 16.6 Å². The first kappa shape index (κ1) is 14.2. The highest BCUT2D eigenvalue weighted by molar-refractivity contribution is 5.82. The molecule has 0 aliphatic heterocycles. The second-order valence-corrected chi connectivity index (χ2v) is 5.64. The van der Waals surface area contributed by atoms with Crippen LogP contribution < -0.4 is 10.6 Å². The average molecular weight is 275 g/mol. The van der Waals surface area contributed by atoms with E-state index in [1.807, 2.05) is 45.2 Å². The van der Waals surface area contributed by atoms with Crippen LogP contribution >= 0.6 is 0 Å². The Morgan fingerprint density at radius 3 is 2.80 bits per heavy atom. The fourth-order valence-corrected chi connectivity index (χ4v) is 1.85. The van der Waals surface area contributed by atoms with Crippen LogP contribution in [0.3, 0.4) is 0 Å². The normalized spacial score (nSPS) is 11.3. The maximum atomic E-state index is 11.4. The minimum atomic E-state index is -0.461. The highest BCUT2D eigenvalue weighted by Crippen LogP contribution is 2.17. The maximum absolute atomic E-state index is 11.4. The summed E-state index contributed by atoms with van der Waals surface area (Å²) >= 11 is 0. The van der Waals surface area contributed by atoms with E-state index in [-0.39, 0.29) is 6.09 Å². The molecule has 2 rings (SSSR count). The standard InChI is InChI=1S/C15H21N3O2/c1-15(2,3)20-14(19)18-9-8-16-12-4-5-13-11(10-12)6-7-17-13/h4-7,10,16-17H,8-9H2,1-3H3,(H,18,19). The third-order valence-electron chi connectivity index (χ3n) is 2.68. The molecule has 5 heteroatoms. The number of hydrogen-bond donors (Lipinski definition) is 3. The number of ether oxygens (including phenoxy) is 1. The molecule has 1 aromatic heterocycles. The molecule has 0 fully saturated rings. The van der Waals surface area contributed by atoms with Gasteiger partial charge in [0.1, 0.15) is 5.60 Å². The first-order valence-corrected chi connectivity index (χ1v) is 6.72. The van der Waals surface area contributed by atoms with Gasteiger partial charge in [0, 0.05) is 35.9 Å². The Hall–Kier alpha value is -2.17. The number of carbonyl (C=O) groups is 1.